The molecule has 4 aromatic carbocycles. The van der Waals surface area contributed by atoms with Crippen LogP contribution in [0.2, 0.25) is 0 Å². The van der Waals surface area contributed by atoms with E-state index in [-0.39, 0.29) is 54.0 Å². The fraction of sp³-hybridized carbons (Fsp3) is 0.327. The van der Waals surface area contributed by atoms with E-state index < -0.39 is 24.4 Å². The predicted octanol–water partition coefficient (Wildman–Crippen LogP) is 6.72. The van der Waals surface area contributed by atoms with E-state index in [1.54, 1.807) is 108 Å². The normalized spacial score (nSPS) is 15.2. The first kappa shape index (κ1) is 52.9. The fourth-order valence-corrected chi connectivity index (χ4v) is 9.41. The van der Waals surface area contributed by atoms with Gasteiger partial charge in [-0.15, -0.1) is 12.4 Å². The minimum atomic E-state index is -2.96. The van der Waals surface area contributed by atoms with Crippen molar-refractivity contribution in [2.45, 2.75) is 70.1 Å². The Labute approximate surface area is 427 Å². The highest BCUT2D eigenvalue weighted by Gasteiger charge is 2.37. The highest BCUT2D eigenvalue weighted by molar-refractivity contribution is 5.86. The molecule has 74 heavy (non-hydrogen) atoms. The number of aromatic nitrogens is 8. The number of halogens is 5. The van der Waals surface area contributed by atoms with Gasteiger partial charge in [0, 0.05) is 94.0 Å². The summed E-state index contributed by atoms with van der Waals surface area (Å²) in [6.45, 7) is -1.82. The van der Waals surface area contributed by atoms with Gasteiger partial charge < -0.3 is 29.9 Å². The van der Waals surface area contributed by atoms with E-state index in [1.807, 2.05) is 18.2 Å². The van der Waals surface area contributed by atoms with Crippen LogP contribution in [0.5, 0.6) is 11.5 Å². The third-order valence-corrected chi connectivity index (χ3v) is 13.6. The number of likely N-dealkylation sites (tertiary alicyclic amines) is 1. The number of nitrogens with zero attached hydrogens (tertiary/aromatic N) is 9. The van der Waals surface area contributed by atoms with Crippen molar-refractivity contribution in [3.63, 3.8) is 0 Å². The van der Waals surface area contributed by atoms with Gasteiger partial charge in [0.1, 0.15) is 22.7 Å². The van der Waals surface area contributed by atoms with Gasteiger partial charge in [-0.2, -0.15) is 17.6 Å². The van der Waals surface area contributed by atoms with Gasteiger partial charge in [0.15, 0.2) is 11.6 Å². The van der Waals surface area contributed by atoms with E-state index in [0.717, 1.165) is 16.7 Å². The summed E-state index contributed by atoms with van der Waals surface area (Å²) in [6, 6.07) is 23.7. The van der Waals surface area contributed by atoms with Gasteiger partial charge in [0.05, 0.1) is 34.9 Å². The molecule has 6 heterocycles. The number of carbonyl (C=O) groups is 1. The van der Waals surface area contributed by atoms with Crippen LogP contribution >= 0.6 is 12.4 Å². The van der Waals surface area contributed by atoms with Crippen molar-refractivity contribution in [1.29, 1.82) is 0 Å². The van der Waals surface area contributed by atoms with Crippen LogP contribution in [0, 0.1) is 0 Å². The van der Waals surface area contributed by atoms with E-state index in [4.69, 9.17) is 0 Å². The summed E-state index contributed by atoms with van der Waals surface area (Å²) < 4.78 is 67.2. The lowest BCUT2D eigenvalue weighted by molar-refractivity contribution is -0.133. The molecule has 0 unspecified atom stereocenters. The molecule has 2 aliphatic heterocycles. The summed E-state index contributed by atoms with van der Waals surface area (Å²) in [6.07, 6.45) is 8.37. The highest BCUT2D eigenvalue weighted by atomic mass is 35.5. The molecule has 388 valence electrons. The quantitative estimate of drug-likeness (QED) is 0.110. The van der Waals surface area contributed by atoms with Crippen LogP contribution in [0.25, 0.3) is 44.1 Å². The molecule has 0 saturated carbocycles. The summed E-state index contributed by atoms with van der Waals surface area (Å²) in [5, 5.41) is 26.1. The Bertz CT molecular complexity index is 3410. The second kappa shape index (κ2) is 21.9. The van der Waals surface area contributed by atoms with Crippen molar-refractivity contribution >= 4 is 40.1 Å². The van der Waals surface area contributed by atoms with Gasteiger partial charge in [-0.1, -0.05) is 48.5 Å². The third-order valence-electron chi connectivity index (χ3n) is 13.6. The van der Waals surface area contributed by atoms with Gasteiger partial charge in [-0.05, 0) is 73.5 Å². The number of nitrogens with one attached hydrogen (secondary N) is 1. The molecule has 4 aromatic heterocycles. The van der Waals surface area contributed by atoms with Gasteiger partial charge in [-0.3, -0.25) is 33.1 Å². The van der Waals surface area contributed by atoms with E-state index >= 15 is 0 Å². The van der Waals surface area contributed by atoms with Crippen LogP contribution in [-0.4, -0.2) is 99.1 Å². The number of rotatable bonds is 12. The maximum absolute atomic E-state index is 12.9. The monoisotopic (exact) mass is 1040 g/mol. The topological polar surface area (TPSA) is 197 Å². The molecular weight excluding hydrogens is 988 g/mol. The lowest BCUT2D eigenvalue weighted by atomic mass is 9.90. The Morgan fingerprint density at radius 3 is 1.41 bits per heavy atom. The van der Waals surface area contributed by atoms with E-state index in [1.165, 1.54) is 28.4 Å². The first-order valence-electron chi connectivity index (χ1n) is 23.5. The Morgan fingerprint density at radius 2 is 1.01 bits per heavy atom. The number of aliphatic hydroxyl groups is 2. The maximum atomic E-state index is 12.9. The number of amides is 1. The average Bonchev–Trinajstić information content (AvgIpc) is 3.76. The molecule has 22 heteroatoms. The fourth-order valence-electron chi connectivity index (χ4n) is 9.41. The molecule has 17 nitrogen and oxygen atoms in total. The lowest BCUT2D eigenvalue weighted by Gasteiger charge is -2.36. The summed E-state index contributed by atoms with van der Waals surface area (Å²) in [4.78, 5) is 56.7. The molecule has 10 rings (SSSR count). The number of para-hydroxylation sites is 2. The summed E-state index contributed by atoms with van der Waals surface area (Å²) in [7, 11) is 3.25. The SMILES string of the molecule is CC(=O)N1CCC(O)(c2ncc(-c3ccc4c(=O)n(C)n(Cc5ccccc5OC(F)F)c4c3)cn2)CC1.Cl.Cn1c(=O)c2ccc(-c3cnc(C4(O)CCNCC4)nc3)cc2n1Cc1ccccc1OC(F)F. The van der Waals surface area contributed by atoms with Crippen LogP contribution in [0.3, 0.4) is 0 Å². The van der Waals surface area contributed by atoms with Crippen LogP contribution < -0.4 is 25.9 Å². The van der Waals surface area contributed by atoms with Crippen molar-refractivity contribution in [3.05, 3.63) is 153 Å². The molecule has 8 aromatic rings. The molecule has 0 atom stereocenters. The Balaban J connectivity index is 0.000000195. The average molecular weight is 1040 g/mol. The molecule has 0 bridgehead atoms. The maximum Gasteiger partial charge on any atom is 0.387 e. The number of piperidine rings is 2. The van der Waals surface area contributed by atoms with Crippen LogP contribution in [0.15, 0.2) is 119 Å². The van der Waals surface area contributed by atoms with Crippen molar-refractivity contribution in [2.24, 2.45) is 14.1 Å². The second-order valence-corrected chi connectivity index (χ2v) is 18.1. The first-order chi connectivity index (χ1) is 35.0. The number of carbonyl (C=O) groups excluding carboxylic acids is 1. The third kappa shape index (κ3) is 10.9. The number of ether oxygens (including phenoxy) is 2. The summed E-state index contributed by atoms with van der Waals surface area (Å²) in [5.41, 5.74) is 2.57. The molecule has 0 spiro atoms. The molecule has 3 N–H and O–H groups in total. The van der Waals surface area contributed by atoms with Crippen molar-refractivity contribution < 1.29 is 42.0 Å². The minimum Gasteiger partial charge on any atom is -0.434 e. The zero-order chi connectivity index (χ0) is 51.6. The summed E-state index contributed by atoms with van der Waals surface area (Å²) >= 11 is 0. The van der Waals surface area contributed by atoms with Crippen LogP contribution in [0.4, 0.5) is 17.6 Å². The van der Waals surface area contributed by atoms with Crippen molar-refractivity contribution in [1.82, 2.24) is 48.9 Å². The molecule has 1 amide bonds. The van der Waals surface area contributed by atoms with Gasteiger partial charge >= 0.3 is 13.2 Å². The van der Waals surface area contributed by atoms with Gasteiger partial charge in [-0.25, -0.2) is 19.9 Å². The van der Waals surface area contributed by atoms with E-state index in [0.29, 0.717) is 102 Å². The van der Waals surface area contributed by atoms with Gasteiger partial charge in [0.2, 0.25) is 5.91 Å². The van der Waals surface area contributed by atoms with E-state index in [9.17, 15) is 42.2 Å². The number of alkyl halides is 4. The molecule has 2 fully saturated rings. The van der Waals surface area contributed by atoms with Crippen LogP contribution in [0.1, 0.15) is 55.4 Å². The molecule has 0 aliphatic carbocycles. The number of fused-ring (bicyclic) bond motifs is 2. The lowest BCUT2D eigenvalue weighted by Crippen LogP contribution is -2.45. The minimum absolute atomic E-state index is 0. The molecule has 2 saturated heterocycles. The Hall–Kier alpha value is -7.46. The number of benzene rings is 4. The van der Waals surface area contributed by atoms with Crippen LogP contribution in [-0.2, 0) is 43.2 Å². The molecule has 0 radical (unpaired) electrons. The zero-order valence-electron chi connectivity index (χ0n) is 40.5. The second-order valence-electron chi connectivity index (χ2n) is 18.1. The molecular formula is C52H53ClF4N10O7. The summed E-state index contributed by atoms with van der Waals surface area (Å²) in [5.74, 6) is 0.786. The Kier molecular flexibility index (Phi) is 15.7. The van der Waals surface area contributed by atoms with Gasteiger partial charge in [0.25, 0.3) is 11.1 Å². The smallest absolute Gasteiger partial charge is 0.387 e. The zero-order valence-corrected chi connectivity index (χ0v) is 41.3. The first-order valence-corrected chi connectivity index (χ1v) is 23.5. The highest BCUT2D eigenvalue weighted by Crippen LogP contribution is 2.33. The Morgan fingerprint density at radius 1 is 0.622 bits per heavy atom. The van der Waals surface area contributed by atoms with Crippen molar-refractivity contribution in [3.8, 4) is 33.8 Å². The number of hydrogen-bond acceptors (Lipinski definition) is 12. The van der Waals surface area contributed by atoms with E-state index in [2.05, 4.69) is 34.7 Å². The van der Waals surface area contributed by atoms with Crippen molar-refractivity contribution in [2.75, 3.05) is 26.2 Å². The largest absolute Gasteiger partial charge is 0.434 e. The molecule has 2 aliphatic rings. The predicted molar refractivity (Wildman–Crippen MR) is 269 cm³/mol. The standard InChI is InChI=1S/C27H27F2N5O4.C25H25F2N5O3.ClH/c1-17(35)33-11-9-27(37,10-12-33)25-30-14-20(15-31-25)18-7-8-21-22(13-18)34(32(2)24(21)36)16-19-5-3-4-6-23(19)38-26(28)29;1-31-22(33)19-7-6-16(18-13-29-23(30-14-18)25(34)8-10-28-11-9-25)12-20(19)32(31)15-17-4-2-3-5-21(17)35-24(26)27;/h3-8,13-15,26,37H,9-12,16H2,1-2H3;2-7,12-14,24,28,34H,8-11,15H2,1H3;1H. The number of hydrogen-bond donors (Lipinski definition) is 3.